The van der Waals surface area contributed by atoms with Gasteiger partial charge in [-0.2, -0.15) is 23.5 Å². The van der Waals surface area contributed by atoms with Crippen molar-refractivity contribution in [1.82, 2.24) is 19.9 Å². The largest absolute Gasteiger partial charge is 0.493 e. The molecule has 4 N–H and O–H groups in total. The van der Waals surface area contributed by atoms with E-state index in [0.29, 0.717) is 4.57 Å². The van der Waals surface area contributed by atoms with Crippen LogP contribution in [0.1, 0.15) is 25.0 Å². The molecule has 1 aromatic heterocycles. The molecular weight excluding hydrogens is 535 g/mol. The SMILES string of the molecule is CC(=O)NCCNS(=O)(=O)c1ccc(N=Nc2c(C(F)(F)F)c(C#N)c(O)n(CCNC(C)=O)c2=O)cc1. The number of aromatic nitrogens is 1. The number of amides is 2. The number of rotatable bonds is 10. The molecule has 17 heteroatoms. The summed E-state index contributed by atoms with van der Waals surface area (Å²) in [6.45, 7) is 1.65. The van der Waals surface area contributed by atoms with Gasteiger partial charge < -0.3 is 15.7 Å². The fourth-order valence-electron chi connectivity index (χ4n) is 3.03. The maximum atomic E-state index is 13.8. The van der Waals surface area contributed by atoms with Crippen LogP contribution in [0.15, 0.2) is 44.2 Å². The molecule has 0 aliphatic rings. The van der Waals surface area contributed by atoms with Gasteiger partial charge in [0.05, 0.1) is 10.6 Å². The molecule has 2 aromatic rings. The van der Waals surface area contributed by atoms with Crippen molar-refractivity contribution in [3.05, 3.63) is 45.7 Å². The zero-order valence-electron chi connectivity index (χ0n) is 20.0. The van der Waals surface area contributed by atoms with Crippen molar-refractivity contribution in [2.75, 3.05) is 19.6 Å². The van der Waals surface area contributed by atoms with E-state index in [1.807, 2.05) is 0 Å². The Bertz CT molecular complexity index is 1450. The second-order valence-electron chi connectivity index (χ2n) is 7.55. The molecule has 204 valence electrons. The molecular formula is C21H22F3N7O6S. The molecule has 1 heterocycles. The summed E-state index contributed by atoms with van der Waals surface area (Å²) in [6, 6.07) is 5.61. The summed E-state index contributed by atoms with van der Waals surface area (Å²) in [5, 5.41) is 31.1. The first-order valence-corrected chi connectivity index (χ1v) is 12.1. The summed E-state index contributed by atoms with van der Waals surface area (Å²) in [7, 11) is -3.98. The number of benzene rings is 1. The Morgan fingerprint density at radius 1 is 1.05 bits per heavy atom. The van der Waals surface area contributed by atoms with E-state index in [1.165, 1.54) is 13.0 Å². The average molecular weight is 558 g/mol. The molecule has 0 aliphatic carbocycles. The Morgan fingerprint density at radius 3 is 2.16 bits per heavy atom. The molecule has 0 fully saturated rings. The van der Waals surface area contributed by atoms with E-state index in [4.69, 9.17) is 0 Å². The molecule has 0 aliphatic heterocycles. The number of alkyl halides is 3. The van der Waals surface area contributed by atoms with E-state index in [9.17, 15) is 46.3 Å². The maximum Gasteiger partial charge on any atom is 0.420 e. The summed E-state index contributed by atoms with van der Waals surface area (Å²) >= 11 is 0. The van der Waals surface area contributed by atoms with Crippen molar-refractivity contribution in [3.63, 3.8) is 0 Å². The second kappa shape index (κ2) is 12.3. The van der Waals surface area contributed by atoms with Crippen molar-refractivity contribution in [3.8, 4) is 11.9 Å². The lowest BCUT2D eigenvalue weighted by Crippen LogP contribution is -2.33. The van der Waals surface area contributed by atoms with E-state index < -0.39 is 56.9 Å². The molecule has 2 rings (SSSR count). The number of nitriles is 1. The first-order chi connectivity index (χ1) is 17.7. The standard InChI is InChI=1S/C21H22F3N7O6S/c1-12(32)26-7-8-28-38(36,37)15-5-3-14(4-6-15)29-30-18-17(21(22,23)24)16(11-25)19(34)31(20(18)35)10-9-27-13(2)33/h3-6,28,34H,7-10H2,1-2H3,(H,26,32)(H,27,33). The fraction of sp³-hybridized carbons (Fsp3) is 0.333. The highest BCUT2D eigenvalue weighted by Crippen LogP contribution is 2.40. The van der Waals surface area contributed by atoms with Gasteiger partial charge in [-0.1, -0.05) is 0 Å². The molecule has 38 heavy (non-hydrogen) atoms. The minimum Gasteiger partial charge on any atom is -0.493 e. The van der Waals surface area contributed by atoms with Crippen LogP contribution in [0.5, 0.6) is 5.88 Å². The van der Waals surface area contributed by atoms with Gasteiger partial charge in [-0.05, 0) is 24.3 Å². The summed E-state index contributed by atoms with van der Waals surface area (Å²) < 4.78 is 68.6. The van der Waals surface area contributed by atoms with E-state index in [1.54, 1.807) is 0 Å². The second-order valence-corrected chi connectivity index (χ2v) is 9.31. The van der Waals surface area contributed by atoms with Crippen molar-refractivity contribution >= 4 is 33.2 Å². The fourth-order valence-corrected chi connectivity index (χ4v) is 4.06. The third-order valence-corrected chi connectivity index (χ3v) is 6.20. The number of nitrogens with zero attached hydrogens (tertiary/aromatic N) is 4. The van der Waals surface area contributed by atoms with Crippen LogP contribution in [0.3, 0.4) is 0 Å². The smallest absolute Gasteiger partial charge is 0.420 e. The van der Waals surface area contributed by atoms with E-state index >= 15 is 0 Å². The highest BCUT2D eigenvalue weighted by molar-refractivity contribution is 7.89. The number of carbonyl (C=O) groups excluding carboxylic acids is 2. The molecule has 1 aromatic carbocycles. The summed E-state index contributed by atoms with van der Waals surface area (Å²) in [4.78, 5) is 34.5. The monoisotopic (exact) mass is 557 g/mol. The molecule has 2 amide bonds. The van der Waals surface area contributed by atoms with Crippen LogP contribution in [0.25, 0.3) is 0 Å². The highest BCUT2D eigenvalue weighted by Gasteiger charge is 2.41. The minimum atomic E-state index is -5.27. The predicted molar refractivity (Wildman–Crippen MR) is 125 cm³/mol. The first-order valence-electron chi connectivity index (χ1n) is 10.7. The summed E-state index contributed by atoms with van der Waals surface area (Å²) in [6.07, 6.45) is -5.27. The van der Waals surface area contributed by atoms with Gasteiger partial charge in [0.1, 0.15) is 17.2 Å². The number of hydrogen-bond acceptors (Lipinski definition) is 9. The van der Waals surface area contributed by atoms with Crippen molar-refractivity contribution in [1.29, 1.82) is 5.26 Å². The topological polar surface area (TPSA) is 195 Å². The Morgan fingerprint density at radius 2 is 1.63 bits per heavy atom. The molecule has 0 atom stereocenters. The number of sulfonamides is 1. The Kier molecular flexibility index (Phi) is 9.68. The van der Waals surface area contributed by atoms with Gasteiger partial charge in [0.2, 0.25) is 27.7 Å². The lowest BCUT2D eigenvalue weighted by atomic mass is 10.1. The molecule has 0 radical (unpaired) electrons. The van der Waals surface area contributed by atoms with Gasteiger partial charge in [0.25, 0.3) is 5.56 Å². The van der Waals surface area contributed by atoms with Crippen LogP contribution in [0.2, 0.25) is 0 Å². The molecule has 0 saturated heterocycles. The number of nitrogens with one attached hydrogen (secondary N) is 3. The number of aromatic hydroxyl groups is 1. The summed E-state index contributed by atoms with van der Waals surface area (Å²) in [5.41, 5.74) is -5.91. The number of pyridine rings is 1. The van der Waals surface area contributed by atoms with E-state index in [-0.39, 0.29) is 36.1 Å². The molecule has 0 spiro atoms. The highest BCUT2D eigenvalue weighted by atomic mass is 32.2. The zero-order valence-corrected chi connectivity index (χ0v) is 20.8. The van der Waals surface area contributed by atoms with Crippen LogP contribution >= 0.6 is 0 Å². The lowest BCUT2D eigenvalue weighted by molar-refractivity contribution is -0.137. The normalized spacial score (nSPS) is 11.8. The van der Waals surface area contributed by atoms with Gasteiger partial charge in [-0.25, -0.2) is 13.1 Å². The number of halogens is 3. The Hall–Kier alpha value is -4.30. The van der Waals surface area contributed by atoms with Gasteiger partial charge in [0, 0.05) is 40.0 Å². The third kappa shape index (κ3) is 7.60. The van der Waals surface area contributed by atoms with Gasteiger partial charge in [0.15, 0.2) is 5.69 Å². The lowest BCUT2D eigenvalue weighted by Gasteiger charge is -2.16. The van der Waals surface area contributed by atoms with Gasteiger partial charge in [-0.15, -0.1) is 5.11 Å². The average Bonchev–Trinajstić information content (AvgIpc) is 2.82. The van der Waals surface area contributed by atoms with Crippen molar-refractivity contribution in [2.24, 2.45) is 10.2 Å². The Labute approximate surface area is 214 Å². The number of azo groups is 1. The summed E-state index contributed by atoms with van der Waals surface area (Å²) in [5.74, 6) is -2.10. The molecule has 0 saturated carbocycles. The van der Waals surface area contributed by atoms with Crippen molar-refractivity contribution in [2.45, 2.75) is 31.5 Å². The molecule has 13 nitrogen and oxygen atoms in total. The Balaban J connectivity index is 2.44. The number of hydrogen-bond donors (Lipinski definition) is 4. The third-order valence-electron chi connectivity index (χ3n) is 4.72. The van der Waals surface area contributed by atoms with Crippen LogP contribution in [-0.2, 0) is 32.3 Å². The first kappa shape index (κ1) is 29.9. The molecule has 0 bridgehead atoms. The molecule has 0 unspecified atom stereocenters. The van der Waals surface area contributed by atoms with E-state index in [2.05, 4.69) is 25.6 Å². The zero-order chi connectivity index (χ0) is 28.7. The van der Waals surface area contributed by atoms with Crippen LogP contribution < -0.4 is 20.9 Å². The maximum absolute atomic E-state index is 13.8. The van der Waals surface area contributed by atoms with Gasteiger partial charge in [-0.3, -0.25) is 19.0 Å². The quantitative estimate of drug-likeness (QED) is 0.250. The van der Waals surface area contributed by atoms with E-state index in [0.717, 1.165) is 31.2 Å². The minimum absolute atomic E-state index is 0.0437. The van der Waals surface area contributed by atoms with Crippen LogP contribution in [0.4, 0.5) is 24.5 Å². The number of carbonyl (C=O) groups is 2. The van der Waals surface area contributed by atoms with Crippen LogP contribution in [-0.4, -0.2) is 49.5 Å². The van der Waals surface area contributed by atoms with Crippen LogP contribution in [0, 0.1) is 11.3 Å². The van der Waals surface area contributed by atoms with Gasteiger partial charge >= 0.3 is 6.18 Å². The van der Waals surface area contributed by atoms with Crippen molar-refractivity contribution < 1.29 is 36.3 Å². The predicted octanol–water partition coefficient (Wildman–Crippen LogP) is 1.41.